The van der Waals surface area contributed by atoms with E-state index in [0.717, 1.165) is 25.3 Å². The van der Waals surface area contributed by atoms with Crippen LogP contribution in [0.5, 0.6) is 5.75 Å². The largest absolute Gasteiger partial charge is 0.491 e. The van der Waals surface area contributed by atoms with E-state index >= 15 is 0 Å². The number of hydrogen-bond donors (Lipinski definition) is 1. The third-order valence-electron chi connectivity index (χ3n) is 3.52. The van der Waals surface area contributed by atoms with Crippen LogP contribution in [0, 0.1) is 5.92 Å². The van der Waals surface area contributed by atoms with E-state index in [-0.39, 0.29) is 0 Å². The Morgan fingerprint density at radius 2 is 1.85 bits per heavy atom. The van der Waals surface area contributed by atoms with Gasteiger partial charge in [0.1, 0.15) is 12.4 Å². The second-order valence-electron chi connectivity index (χ2n) is 5.18. The van der Waals surface area contributed by atoms with Crippen molar-refractivity contribution in [1.82, 2.24) is 5.32 Å². The summed E-state index contributed by atoms with van der Waals surface area (Å²) >= 11 is 0. The predicted octanol–water partition coefficient (Wildman–Crippen LogP) is 3.50. The molecule has 0 aliphatic carbocycles. The first-order valence-corrected chi connectivity index (χ1v) is 7.76. The normalized spacial score (nSPS) is 13.9. The van der Waals surface area contributed by atoms with Gasteiger partial charge in [-0.25, -0.2) is 0 Å². The molecule has 0 spiro atoms. The molecule has 0 saturated heterocycles. The molecular weight excluding hydrogens is 250 g/mol. The van der Waals surface area contributed by atoms with E-state index < -0.39 is 0 Å². The summed E-state index contributed by atoms with van der Waals surface area (Å²) in [5, 5.41) is 3.56. The number of hydrogen-bond acceptors (Lipinski definition) is 3. The zero-order valence-corrected chi connectivity index (χ0v) is 13.1. The SMILES string of the molecule is CCCNC(COCCOc1ccccc1)C(C)CC. The number of para-hydroxylation sites is 1. The molecule has 1 N–H and O–H groups in total. The van der Waals surface area contributed by atoms with Gasteiger partial charge in [0.25, 0.3) is 0 Å². The predicted molar refractivity (Wildman–Crippen MR) is 84.3 cm³/mol. The van der Waals surface area contributed by atoms with Gasteiger partial charge in [-0.1, -0.05) is 45.4 Å². The number of rotatable bonds is 11. The second kappa shape index (κ2) is 10.7. The molecule has 1 aromatic rings. The van der Waals surface area contributed by atoms with Gasteiger partial charge in [-0.15, -0.1) is 0 Å². The lowest BCUT2D eigenvalue weighted by atomic mass is 10.00. The lowest BCUT2D eigenvalue weighted by Gasteiger charge is -2.24. The molecule has 0 fully saturated rings. The van der Waals surface area contributed by atoms with Gasteiger partial charge in [0.05, 0.1) is 13.2 Å². The van der Waals surface area contributed by atoms with Crippen LogP contribution in [0.1, 0.15) is 33.6 Å². The standard InChI is InChI=1S/C17H29NO2/c1-4-11-18-17(15(3)5-2)14-19-12-13-20-16-9-7-6-8-10-16/h6-10,15,17-18H,4-5,11-14H2,1-3H3. The fraction of sp³-hybridized carbons (Fsp3) is 0.647. The van der Waals surface area contributed by atoms with Crippen molar-refractivity contribution in [2.45, 2.75) is 39.7 Å². The molecule has 0 aliphatic heterocycles. The van der Waals surface area contributed by atoms with Crippen molar-refractivity contribution >= 4 is 0 Å². The van der Waals surface area contributed by atoms with E-state index in [9.17, 15) is 0 Å². The molecule has 2 atom stereocenters. The van der Waals surface area contributed by atoms with Crippen molar-refractivity contribution in [2.24, 2.45) is 5.92 Å². The van der Waals surface area contributed by atoms with Gasteiger partial charge in [0.2, 0.25) is 0 Å². The molecule has 0 aliphatic rings. The molecule has 0 bridgehead atoms. The number of ether oxygens (including phenoxy) is 2. The minimum absolute atomic E-state index is 0.441. The zero-order valence-electron chi connectivity index (χ0n) is 13.1. The van der Waals surface area contributed by atoms with Gasteiger partial charge in [0.15, 0.2) is 0 Å². The fourth-order valence-electron chi connectivity index (χ4n) is 1.98. The average Bonchev–Trinajstić information content (AvgIpc) is 2.50. The summed E-state index contributed by atoms with van der Waals surface area (Å²) in [6, 6.07) is 10.3. The number of nitrogens with one attached hydrogen (secondary N) is 1. The van der Waals surface area contributed by atoms with Crippen LogP contribution in [0.2, 0.25) is 0 Å². The quantitative estimate of drug-likeness (QED) is 0.629. The molecule has 0 heterocycles. The molecular formula is C17H29NO2. The maximum Gasteiger partial charge on any atom is 0.119 e. The molecule has 3 nitrogen and oxygen atoms in total. The van der Waals surface area contributed by atoms with E-state index in [1.165, 1.54) is 6.42 Å². The third kappa shape index (κ3) is 6.92. The fourth-order valence-corrected chi connectivity index (χ4v) is 1.98. The molecule has 0 radical (unpaired) electrons. The van der Waals surface area contributed by atoms with E-state index in [2.05, 4.69) is 26.1 Å². The smallest absolute Gasteiger partial charge is 0.119 e. The van der Waals surface area contributed by atoms with Crippen LogP contribution in [0.15, 0.2) is 30.3 Å². The van der Waals surface area contributed by atoms with E-state index in [1.807, 2.05) is 30.3 Å². The maximum absolute atomic E-state index is 5.75. The Kier molecular flexibility index (Phi) is 9.09. The van der Waals surface area contributed by atoms with Gasteiger partial charge >= 0.3 is 0 Å². The van der Waals surface area contributed by atoms with Crippen molar-refractivity contribution in [3.8, 4) is 5.75 Å². The molecule has 114 valence electrons. The molecule has 0 aromatic heterocycles. The van der Waals surface area contributed by atoms with E-state index in [1.54, 1.807) is 0 Å². The van der Waals surface area contributed by atoms with Gasteiger partial charge in [-0.2, -0.15) is 0 Å². The highest BCUT2D eigenvalue weighted by atomic mass is 16.5. The van der Waals surface area contributed by atoms with Crippen LogP contribution < -0.4 is 10.1 Å². The minimum Gasteiger partial charge on any atom is -0.491 e. The van der Waals surface area contributed by atoms with Crippen LogP contribution in [0.3, 0.4) is 0 Å². The van der Waals surface area contributed by atoms with Crippen molar-refractivity contribution in [3.63, 3.8) is 0 Å². The molecule has 1 aromatic carbocycles. The summed E-state index contributed by atoms with van der Waals surface area (Å²) in [6.45, 7) is 9.74. The highest BCUT2D eigenvalue weighted by Crippen LogP contribution is 2.09. The Bertz CT molecular complexity index is 329. The average molecular weight is 279 g/mol. The second-order valence-corrected chi connectivity index (χ2v) is 5.18. The monoisotopic (exact) mass is 279 g/mol. The lowest BCUT2D eigenvalue weighted by molar-refractivity contribution is 0.0714. The topological polar surface area (TPSA) is 30.5 Å². The summed E-state index contributed by atoms with van der Waals surface area (Å²) in [4.78, 5) is 0. The van der Waals surface area contributed by atoms with Crippen LogP contribution in [0.4, 0.5) is 0 Å². The molecule has 3 heteroatoms. The Morgan fingerprint density at radius 1 is 1.10 bits per heavy atom. The highest BCUT2D eigenvalue weighted by molar-refractivity contribution is 5.20. The molecule has 20 heavy (non-hydrogen) atoms. The number of benzene rings is 1. The van der Waals surface area contributed by atoms with Crippen molar-refractivity contribution in [3.05, 3.63) is 30.3 Å². The zero-order chi connectivity index (χ0) is 14.6. The van der Waals surface area contributed by atoms with Gasteiger partial charge in [0, 0.05) is 6.04 Å². The van der Waals surface area contributed by atoms with Crippen molar-refractivity contribution < 1.29 is 9.47 Å². The third-order valence-corrected chi connectivity index (χ3v) is 3.52. The lowest BCUT2D eigenvalue weighted by Crippen LogP contribution is -2.39. The van der Waals surface area contributed by atoms with E-state index in [0.29, 0.717) is 25.2 Å². The van der Waals surface area contributed by atoms with Gasteiger partial charge < -0.3 is 14.8 Å². The highest BCUT2D eigenvalue weighted by Gasteiger charge is 2.14. The minimum atomic E-state index is 0.441. The van der Waals surface area contributed by atoms with Crippen LogP contribution in [-0.2, 0) is 4.74 Å². The Morgan fingerprint density at radius 3 is 2.50 bits per heavy atom. The van der Waals surface area contributed by atoms with Crippen molar-refractivity contribution in [1.29, 1.82) is 0 Å². The summed E-state index contributed by atoms with van der Waals surface area (Å²) in [7, 11) is 0. The molecule has 1 rings (SSSR count). The molecule has 0 amide bonds. The Labute approximate surface area is 123 Å². The summed E-state index contributed by atoms with van der Waals surface area (Å²) < 4.78 is 11.4. The maximum atomic E-state index is 5.75. The van der Waals surface area contributed by atoms with Crippen LogP contribution >= 0.6 is 0 Å². The van der Waals surface area contributed by atoms with Crippen molar-refractivity contribution in [2.75, 3.05) is 26.4 Å². The molecule has 0 saturated carbocycles. The van der Waals surface area contributed by atoms with Crippen LogP contribution in [0.25, 0.3) is 0 Å². The van der Waals surface area contributed by atoms with Crippen LogP contribution in [-0.4, -0.2) is 32.4 Å². The summed E-state index contributed by atoms with van der Waals surface area (Å²) in [5.41, 5.74) is 0. The Hall–Kier alpha value is -1.06. The first-order valence-electron chi connectivity index (χ1n) is 7.76. The van der Waals surface area contributed by atoms with Gasteiger partial charge in [-0.3, -0.25) is 0 Å². The first kappa shape index (κ1) is 17.0. The van der Waals surface area contributed by atoms with Gasteiger partial charge in [-0.05, 0) is 31.0 Å². The summed E-state index contributed by atoms with van der Waals surface area (Å²) in [5.74, 6) is 1.54. The molecule has 2 unspecified atom stereocenters. The van der Waals surface area contributed by atoms with E-state index in [4.69, 9.17) is 9.47 Å². The Balaban J connectivity index is 2.16. The summed E-state index contributed by atoms with van der Waals surface area (Å²) in [6.07, 6.45) is 2.33. The first-order chi connectivity index (χ1) is 9.77.